The zero-order valence-electron chi connectivity index (χ0n) is 19.7. The minimum atomic E-state index is -0.504. The lowest BCUT2D eigenvalue weighted by molar-refractivity contribution is -0.127. The van der Waals surface area contributed by atoms with Crippen LogP contribution >= 0.6 is 0 Å². The van der Waals surface area contributed by atoms with Crippen molar-refractivity contribution in [2.75, 3.05) is 18.9 Å². The molecule has 0 bridgehead atoms. The summed E-state index contributed by atoms with van der Waals surface area (Å²) in [5, 5.41) is 0. The third-order valence-electron chi connectivity index (χ3n) is 7.74. The van der Waals surface area contributed by atoms with E-state index in [1.165, 1.54) is 37.7 Å². The second-order valence-electron chi connectivity index (χ2n) is 9.78. The summed E-state index contributed by atoms with van der Waals surface area (Å²) in [5.74, 6) is 1.23. The largest absolute Gasteiger partial charge is 0.381 e. The van der Waals surface area contributed by atoms with Crippen LogP contribution in [-0.4, -0.2) is 29.0 Å². The number of hydrogen-bond donors (Lipinski definition) is 1. The number of carbonyl (C=O) groups is 1. The fourth-order valence-corrected chi connectivity index (χ4v) is 5.62. The van der Waals surface area contributed by atoms with Gasteiger partial charge in [-0.25, -0.2) is 9.97 Å². The van der Waals surface area contributed by atoms with E-state index in [1.54, 1.807) is 12.4 Å². The Morgan fingerprint density at radius 3 is 2.18 bits per heavy atom. The summed E-state index contributed by atoms with van der Waals surface area (Å²) in [4.78, 5) is 22.0. The first kappa shape index (κ1) is 22.7. The molecule has 2 fully saturated rings. The van der Waals surface area contributed by atoms with E-state index in [9.17, 15) is 4.79 Å². The van der Waals surface area contributed by atoms with Crippen molar-refractivity contribution in [2.45, 2.75) is 62.7 Å². The summed E-state index contributed by atoms with van der Waals surface area (Å²) in [5.41, 5.74) is 10.6. The van der Waals surface area contributed by atoms with Crippen LogP contribution in [0.1, 0.15) is 67.6 Å². The molecule has 5 nitrogen and oxygen atoms in total. The average Bonchev–Trinajstić information content (AvgIpc) is 2.90. The summed E-state index contributed by atoms with van der Waals surface area (Å²) in [6.07, 6.45) is 12.0. The number of Topliss-reactive ketones (excluding diaryl/α,β-unsaturated/α-hetero) is 1. The topological polar surface area (TPSA) is 78.1 Å². The Labute approximate surface area is 201 Å². The van der Waals surface area contributed by atoms with E-state index in [-0.39, 0.29) is 11.7 Å². The molecule has 1 saturated heterocycles. The number of ketones is 1. The molecule has 2 N–H and O–H groups in total. The van der Waals surface area contributed by atoms with Gasteiger partial charge in [-0.15, -0.1) is 0 Å². The second kappa shape index (κ2) is 10.1. The highest BCUT2D eigenvalue weighted by Gasteiger charge is 2.41. The molecule has 5 rings (SSSR count). The molecule has 0 unspecified atom stereocenters. The van der Waals surface area contributed by atoms with Gasteiger partial charge in [0.05, 0.1) is 5.41 Å². The third-order valence-corrected chi connectivity index (χ3v) is 7.74. The Morgan fingerprint density at radius 1 is 0.882 bits per heavy atom. The van der Waals surface area contributed by atoms with E-state index in [2.05, 4.69) is 46.4 Å². The zero-order chi connectivity index (χ0) is 23.4. The average molecular weight is 456 g/mol. The highest BCUT2D eigenvalue weighted by molar-refractivity contribution is 5.92. The number of ether oxygens (including phenoxy) is 1. The van der Waals surface area contributed by atoms with Gasteiger partial charge >= 0.3 is 0 Å². The van der Waals surface area contributed by atoms with Crippen LogP contribution in [-0.2, 0) is 21.4 Å². The van der Waals surface area contributed by atoms with Crippen LogP contribution in [0.4, 0.5) is 5.95 Å². The van der Waals surface area contributed by atoms with Crippen molar-refractivity contribution < 1.29 is 9.53 Å². The van der Waals surface area contributed by atoms with Crippen LogP contribution in [0.5, 0.6) is 0 Å². The maximum absolute atomic E-state index is 13.8. The molecule has 1 aliphatic carbocycles. The molecule has 2 aliphatic rings. The number of anilines is 1. The highest BCUT2D eigenvalue weighted by atomic mass is 16.5. The van der Waals surface area contributed by atoms with Crippen LogP contribution in [0.2, 0.25) is 0 Å². The highest BCUT2D eigenvalue weighted by Crippen LogP contribution is 2.38. The summed E-state index contributed by atoms with van der Waals surface area (Å²) in [7, 11) is 0. The van der Waals surface area contributed by atoms with E-state index in [1.807, 2.05) is 12.1 Å². The maximum Gasteiger partial charge on any atom is 0.219 e. The van der Waals surface area contributed by atoms with Gasteiger partial charge < -0.3 is 10.5 Å². The van der Waals surface area contributed by atoms with Gasteiger partial charge in [-0.3, -0.25) is 4.79 Å². The van der Waals surface area contributed by atoms with Crippen molar-refractivity contribution in [3.63, 3.8) is 0 Å². The molecular formula is C29H33N3O2. The van der Waals surface area contributed by atoms with E-state index in [0.717, 1.165) is 35.1 Å². The molecule has 1 aliphatic heterocycles. The number of aromatic nitrogens is 2. The van der Waals surface area contributed by atoms with Gasteiger partial charge in [0.25, 0.3) is 0 Å². The molecule has 2 heterocycles. The first-order valence-electron chi connectivity index (χ1n) is 12.5. The molecule has 176 valence electrons. The Morgan fingerprint density at radius 2 is 1.53 bits per heavy atom. The van der Waals surface area contributed by atoms with Crippen LogP contribution in [0.3, 0.4) is 0 Å². The van der Waals surface area contributed by atoms with Crippen molar-refractivity contribution in [2.24, 2.45) is 0 Å². The monoisotopic (exact) mass is 455 g/mol. The Balaban J connectivity index is 1.35. The molecule has 0 amide bonds. The van der Waals surface area contributed by atoms with Crippen LogP contribution in [0.25, 0.3) is 11.1 Å². The molecule has 3 aromatic rings. The minimum Gasteiger partial charge on any atom is -0.381 e. The summed E-state index contributed by atoms with van der Waals surface area (Å²) in [6, 6.07) is 17.1. The van der Waals surface area contributed by atoms with Gasteiger partial charge in [0.1, 0.15) is 5.78 Å². The van der Waals surface area contributed by atoms with E-state index < -0.39 is 5.41 Å². The Kier molecular flexibility index (Phi) is 6.73. The number of nitrogens with two attached hydrogens (primary N) is 1. The van der Waals surface area contributed by atoms with E-state index >= 15 is 0 Å². The van der Waals surface area contributed by atoms with Crippen LogP contribution in [0.15, 0.2) is 60.9 Å². The van der Waals surface area contributed by atoms with Gasteiger partial charge in [-0.1, -0.05) is 67.8 Å². The normalized spacial score (nSPS) is 18.5. The first-order chi connectivity index (χ1) is 16.6. The number of carbonyl (C=O) groups excluding carboxylic acids is 1. The molecule has 2 aromatic carbocycles. The number of nitrogen functional groups attached to an aromatic ring is 1. The predicted molar refractivity (Wildman–Crippen MR) is 135 cm³/mol. The predicted octanol–water partition coefficient (Wildman–Crippen LogP) is 5.63. The fraction of sp³-hybridized carbons (Fsp3) is 0.414. The lowest BCUT2D eigenvalue weighted by Gasteiger charge is -2.36. The van der Waals surface area contributed by atoms with Gasteiger partial charge in [-0.2, -0.15) is 0 Å². The van der Waals surface area contributed by atoms with Crippen molar-refractivity contribution >= 4 is 11.7 Å². The lowest BCUT2D eigenvalue weighted by atomic mass is 9.69. The minimum absolute atomic E-state index is 0.263. The smallest absolute Gasteiger partial charge is 0.219 e. The van der Waals surface area contributed by atoms with Crippen molar-refractivity contribution in [1.29, 1.82) is 0 Å². The van der Waals surface area contributed by atoms with Gasteiger partial charge in [-0.05, 0) is 53.9 Å². The molecule has 0 atom stereocenters. The quantitative estimate of drug-likeness (QED) is 0.521. The number of benzene rings is 2. The number of nitrogens with zero attached hydrogens (tertiary/aromatic N) is 2. The van der Waals surface area contributed by atoms with Crippen molar-refractivity contribution in [1.82, 2.24) is 9.97 Å². The molecule has 5 heteroatoms. The Bertz CT molecular complexity index is 1100. The molecular weight excluding hydrogens is 422 g/mol. The summed E-state index contributed by atoms with van der Waals surface area (Å²) >= 11 is 0. The van der Waals surface area contributed by atoms with Crippen LogP contribution in [0, 0.1) is 0 Å². The Hall–Kier alpha value is -3.05. The molecule has 1 saturated carbocycles. The molecule has 0 radical (unpaired) electrons. The summed E-state index contributed by atoms with van der Waals surface area (Å²) in [6.45, 7) is 1.22. The third kappa shape index (κ3) is 4.76. The maximum atomic E-state index is 13.8. The van der Waals surface area contributed by atoms with Gasteiger partial charge in [0.15, 0.2) is 0 Å². The lowest BCUT2D eigenvalue weighted by Crippen LogP contribution is -2.42. The van der Waals surface area contributed by atoms with Gasteiger partial charge in [0.2, 0.25) is 5.95 Å². The zero-order valence-corrected chi connectivity index (χ0v) is 19.7. The van der Waals surface area contributed by atoms with Gasteiger partial charge in [0, 0.05) is 37.6 Å². The first-order valence-corrected chi connectivity index (χ1v) is 12.5. The number of hydrogen-bond acceptors (Lipinski definition) is 5. The van der Waals surface area contributed by atoms with Crippen LogP contribution < -0.4 is 5.73 Å². The summed E-state index contributed by atoms with van der Waals surface area (Å²) < 4.78 is 5.65. The number of rotatable bonds is 6. The van der Waals surface area contributed by atoms with Crippen molar-refractivity contribution in [3.8, 4) is 11.1 Å². The van der Waals surface area contributed by atoms with E-state index in [0.29, 0.717) is 25.6 Å². The standard InChI is InChI=1S/C29H33N3O2/c30-28-31-19-25(20-32-28)24-10-12-26(13-11-24)29(14-16-34-17-15-29)27(33)18-21-6-8-23(9-7-21)22-4-2-1-3-5-22/h6-13,19-20,22H,1-5,14-18H2,(H2,30,31,32). The SMILES string of the molecule is Nc1ncc(-c2ccc(C3(C(=O)Cc4ccc(C5CCCCC5)cc4)CCOCC3)cc2)cn1. The molecule has 0 spiro atoms. The molecule has 34 heavy (non-hydrogen) atoms. The van der Waals surface area contributed by atoms with E-state index in [4.69, 9.17) is 10.5 Å². The second-order valence-corrected chi connectivity index (χ2v) is 9.78. The molecule has 1 aromatic heterocycles. The van der Waals surface area contributed by atoms with Crippen molar-refractivity contribution in [3.05, 3.63) is 77.6 Å². The fourth-order valence-electron chi connectivity index (χ4n) is 5.62.